The molecular weight excluding hydrogens is 360 g/mol. The van der Waals surface area contributed by atoms with Crippen LogP contribution >= 0.6 is 27.5 Å². The average molecular weight is 378 g/mol. The van der Waals surface area contributed by atoms with Crippen molar-refractivity contribution in [2.45, 2.75) is 39.3 Å². The molecule has 7 heteroatoms. The number of ether oxygens (including phenoxy) is 1. The molecule has 0 saturated heterocycles. The van der Waals surface area contributed by atoms with Crippen LogP contribution in [0.25, 0.3) is 0 Å². The number of amides is 2. The predicted octanol–water partition coefficient (Wildman–Crippen LogP) is 3.95. The SMILES string of the molecule is CC(NC(=O)OC(C)(C)C)C(=O)Nc1ccc(Cl)c(Br)c1. The van der Waals surface area contributed by atoms with E-state index < -0.39 is 17.7 Å². The Morgan fingerprint density at radius 1 is 1.33 bits per heavy atom. The fourth-order valence-electron chi connectivity index (χ4n) is 1.37. The quantitative estimate of drug-likeness (QED) is 0.838. The number of halogens is 2. The summed E-state index contributed by atoms with van der Waals surface area (Å²) in [6.07, 6.45) is -0.637. The standard InChI is InChI=1S/C14H18BrClN2O3/c1-8(17-13(20)21-14(2,3)4)12(19)18-9-5-6-11(16)10(15)7-9/h5-8H,1-4H3,(H,17,20)(H,18,19). The van der Waals surface area contributed by atoms with E-state index in [4.69, 9.17) is 16.3 Å². The predicted molar refractivity (Wildman–Crippen MR) is 86.6 cm³/mol. The summed E-state index contributed by atoms with van der Waals surface area (Å²) in [6.45, 7) is 6.83. The van der Waals surface area contributed by atoms with Crippen molar-refractivity contribution >= 4 is 45.2 Å². The molecule has 2 amide bonds. The van der Waals surface area contributed by atoms with Crippen molar-refractivity contribution in [2.24, 2.45) is 0 Å². The molecule has 0 fully saturated rings. The van der Waals surface area contributed by atoms with Gasteiger partial charge >= 0.3 is 6.09 Å². The Morgan fingerprint density at radius 2 is 1.95 bits per heavy atom. The molecule has 5 nitrogen and oxygen atoms in total. The van der Waals surface area contributed by atoms with Crippen molar-refractivity contribution in [1.82, 2.24) is 5.32 Å². The van der Waals surface area contributed by atoms with Gasteiger partial charge in [0.2, 0.25) is 5.91 Å². The Morgan fingerprint density at radius 3 is 2.48 bits per heavy atom. The topological polar surface area (TPSA) is 67.4 Å². The largest absolute Gasteiger partial charge is 0.444 e. The van der Waals surface area contributed by atoms with Crippen molar-refractivity contribution in [3.8, 4) is 0 Å². The smallest absolute Gasteiger partial charge is 0.408 e. The minimum atomic E-state index is -0.727. The first-order valence-corrected chi connectivity index (χ1v) is 7.51. The molecule has 0 heterocycles. The van der Waals surface area contributed by atoms with Crippen LogP contribution in [0.2, 0.25) is 5.02 Å². The van der Waals surface area contributed by atoms with E-state index in [0.29, 0.717) is 15.2 Å². The van der Waals surface area contributed by atoms with Gasteiger partial charge in [-0.25, -0.2) is 4.79 Å². The van der Waals surface area contributed by atoms with E-state index in [1.54, 1.807) is 45.9 Å². The second kappa shape index (κ2) is 7.13. The van der Waals surface area contributed by atoms with Crippen molar-refractivity contribution in [3.05, 3.63) is 27.7 Å². The Bertz CT molecular complexity index is 544. The third-order valence-corrected chi connectivity index (χ3v) is 3.53. The highest BCUT2D eigenvalue weighted by molar-refractivity contribution is 9.10. The molecule has 0 aromatic heterocycles. The highest BCUT2D eigenvalue weighted by atomic mass is 79.9. The van der Waals surface area contributed by atoms with Crippen molar-refractivity contribution in [1.29, 1.82) is 0 Å². The lowest BCUT2D eigenvalue weighted by molar-refractivity contribution is -0.117. The van der Waals surface area contributed by atoms with Crippen LogP contribution in [-0.4, -0.2) is 23.6 Å². The monoisotopic (exact) mass is 376 g/mol. The van der Waals surface area contributed by atoms with Gasteiger partial charge in [-0.3, -0.25) is 4.79 Å². The summed E-state index contributed by atoms with van der Waals surface area (Å²) >= 11 is 9.15. The molecule has 0 aliphatic heterocycles. The number of benzene rings is 1. The second-order valence-corrected chi connectivity index (χ2v) is 6.75. The van der Waals surface area contributed by atoms with Crippen LogP contribution in [0, 0.1) is 0 Å². The fraction of sp³-hybridized carbons (Fsp3) is 0.429. The van der Waals surface area contributed by atoms with Crippen LogP contribution in [0.5, 0.6) is 0 Å². The van der Waals surface area contributed by atoms with Crippen LogP contribution in [-0.2, 0) is 9.53 Å². The number of alkyl carbamates (subject to hydrolysis) is 1. The molecule has 2 N–H and O–H groups in total. The summed E-state index contributed by atoms with van der Waals surface area (Å²) in [4.78, 5) is 23.6. The molecule has 1 atom stereocenters. The number of hydrogen-bond acceptors (Lipinski definition) is 3. The zero-order chi connectivity index (χ0) is 16.2. The Labute approximate surface area is 137 Å². The van der Waals surface area contributed by atoms with Crippen molar-refractivity contribution in [3.63, 3.8) is 0 Å². The van der Waals surface area contributed by atoms with Crippen molar-refractivity contribution in [2.75, 3.05) is 5.32 Å². The van der Waals surface area contributed by atoms with Crippen LogP contribution in [0.1, 0.15) is 27.7 Å². The molecule has 0 aliphatic rings. The van der Waals surface area contributed by atoms with Crippen molar-refractivity contribution < 1.29 is 14.3 Å². The molecular formula is C14H18BrClN2O3. The number of anilines is 1. The van der Waals surface area contributed by atoms with Gasteiger partial charge in [-0.05, 0) is 61.8 Å². The van der Waals surface area contributed by atoms with Gasteiger partial charge in [0, 0.05) is 10.2 Å². The minimum absolute atomic E-state index is 0.352. The number of nitrogens with one attached hydrogen (secondary N) is 2. The maximum absolute atomic E-state index is 12.0. The maximum Gasteiger partial charge on any atom is 0.408 e. The molecule has 1 rings (SSSR count). The lowest BCUT2D eigenvalue weighted by Crippen LogP contribution is -2.43. The third kappa shape index (κ3) is 6.35. The van der Waals surface area contributed by atoms with E-state index in [2.05, 4.69) is 26.6 Å². The van der Waals surface area contributed by atoms with Gasteiger partial charge < -0.3 is 15.4 Å². The van der Waals surface area contributed by atoms with Gasteiger partial charge in [-0.15, -0.1) is 0 Å². The first kappa shape index (κ1) is 17.8. The molecule has 0 bridgehead atoms. The van der Waals surface area contributed by atoms with Gasteiger partial charge in [0.15, 0.2) is 0 Å². The molecule has 1 aromatic carbocycles. The molecule has 0 saturated carbocycles. The summed E-state index contributed by atoms with van der Waals surface area (Å²) < 4.78 is 5.76. The minimum Gasteiger partial charge on any atom is -0.444 e. The number of rotatable bonds is 3. The summed E-state index contributed by atoms with van der Waals surface area (Å²) in [5.74, 6) is -0.352. The lowest BCUT2D eigenvalue weighted by atomic mass is 10.2. The zero-order valence-electron chi connectivity index (χ0n) is 12.3. The third-order valence-electron chi connectivity index (χ3n) is 2.31. The average Bonchev–Trinajstić information content (AvgIpc) is 2.31. The zero-order valence-corrected chi connectivity index (χ0v) is 14.6. The van der Waals surface area contributed by atoms with Gasteiger partial charge in [0.05, 0.1) is 5.02 Å². The Balaban J connectivity index is 2.58. The Hall–Kier alpha value is -1.27. The van der Waals surface area contributed by atoms with Crippen LogP contribution in [0.15, 0.2) is 22.7 Å². The van der Waals surface area contributed by atoms with Gasteiger partial charge in [-0.2, -0.15) is 0 Å². The first-order valence-electron chi connectivity index (χ1n) is 6.34. The Kier molecular flexibility index (Phi) is 6.04. The van der Waals surface area contributed by atoms with E-state index >= 15 is 0 Å². The molecule has 21 heavy (non-hydrogen) atoms. The second-order valence-electron chi connectivity index (χ2n) is 5.49. The van der Waals surface area contributed by atoms with Crippen LogP contribution in [0.4, 0.5) is 10.5 Å². The summed E-state index contributed by atoms with van der Waals surface area (Å²) in [7, 11) is 0. The number of carbonyl (C=O) groups excluding carboxylic acids is 2. The molecule has 0 aliphatic carbocycles. The van der Waals surface area contributed by atoms with E-state index in [-0.39, 0.29) is 5.91 Å². The van der Waals surface area contributed by atoms with E-state index in [1.165, 1.54) is 0 Å². The first-order chi connectivity index (χ1) is 9.58. The highest BCUT2D eigenvalue weighted by Crippen LogP contribution is 2.25. The van der Waals surface area contributed by atoms with Crippen LogP contribution < -0.4 is 10.6 Å². The molecule has 1 aromatic rings. The van der Waals surface area contributed by atoms with Gasteiger partial charge in [-0.1, -0.05) is 11.6 Å². The molecule has 0 spiro atoms. The normalized spacial score (nSPS) is 12.5. The molecule has 0 radical (unpaired) electrons. The lowest BCUT2D eigenvalue weighted by Gasteiger charge is -2.21. The van der Waals surface area contributed by atoms with Gasteiger partial charge in [0.1, 0.15) is 11.6 Å². The molecule has 1 unspecified atom stereocenters. The molecule has 116 valence electrons. The maximum atomic E-state index is 12.0. The number of hydrogen-bond donors (Lipinski definition) is 2. The fourth-order valence-corrected chi connectivity index (χ4v) is 1.87. The number of carbonyl (C=O) groups is 2. The summed E-state index contributed by atoms with van der Waals surface area (Å²) in [6, 6.07) is 4.29. The van der Waals surface area contributed by atoms with E-state index in [1.807, 2.05) is 0 Å². The van der Waals surface area contributed by atoms with E-state index in [0.717, 1.165) is 0 Å². The summed E-state index contributed by atoms with van der Waals surface area (Å²) in [5, 5.41) is 5.70. The van der Waals surface area contributed by atoms with E-state index in [9.17, 15) is 9.59 Å². The summed E-state index contributed by atoms with van der Waals surface area (Å²) in [5.41, 5.74) is -0.0319. The van der Waals surface area contributed by atoms with Crippen LogP contribution in [0.3, 0.4) is 0 Å². The highest BCUT2D eigenvalue weighted by Gasteiger charge is 2.21. The van der Waals surface area contributed by atoms with Gasteiger partial charge in [0.25, 0.3) is 0 Å².